The van der Waals surface area contributed by atoms with E-state index in [1.54, 1.807) is 10.8 Å². The highest BCUT2D eigenvalue weighted by molar-refractivity contribution is 8.76. The van der Waals surface area contributed by atoms with Gasteiger partial charge in [0.2, 0.25) is 11.8 Å². The molecule has 0 spiro atoms. The Morgan fingerprint density at radius 1 is 1.07 bits per heavy atom. The Balaban J connectivity index is 1.53. The van der Waals surface area contributed by atoms with E-state index in [9.17, 15) is 14.4 Å². The molecule has 0 unspecified atom stereocenters. The standard InChI is InChI=1S/C20H28N2O5S2/c23-18(8-13-27-17-4-2-1-3-5-17)22-11-6-16(7-12-22)20(26)21-10-15-29-28-14-9-19(24)25/h1-5,16H,6-15H2,(H,21,26)(H,24,25). The summed E-state index contributed by atoms with van der Waals surface area (Å²) in [6.45, 7) is 2.12. The van der Waals surface area contributed by atoms with Crippen LogP contribution in [0.3, 0.4) is 0 Å². The van der Waals surface area contributed by atoms with Gasteiger partial charge in [-0.1, -0.05) is 39.8 Å². The maximum absolute atomic E-state index is 12.3. The van der Waals surface area contributed by atoms with Crippen molar-refractivity contribution in [2.45, 2.75) is 25.7 Å². The van der Waals surface area contributed by atoms with Gasteiger partial charge in [0.15, 0.2) is 0 Å². The largest absolute Gasteiger partial charge is 0.493 e. The summed E-state index contributed by atoms with van der Waals surface area (Å²) in [5.41, 5.74) is 0. The summed E-state index contributed by atoms with van der Waals surface area (Å²) >= 11 is 0. The number of amides is 2. The number of rotatable bonds is 12. The summed E-state index contributed by atoms with van der Waals surface area (Å²) in [7, 11) is 3.08. The number of carboxylic acid groups (broad SMARTS) is 1. The van der Waals surface area contributed by atoms with E-state index in [0.717, 1.165) is 11.5 Å². The summed E-state index contributed by atoms with van der Waals surface area (Å²) in [6, 6.07) is 9.43. The minimum Gasteiger partial charge on any atom is -0.493 e. The molecule has 29 heavy (non-hydrogen) atoms. The Labute approximate surface area is 179 Å². The second-order valence-corrected chi connectivity index (χ2v) is 9.35. The van der Waals surface area contributed by atoms with Crippen molar-refractivity contribution in [1.82, 2.24) is 10.2 Å². The molecular weight excluding hydrogens is 412 g/mol. The maximum Gasteiger partial charge on any atom is 0.304 e. The number of aliphatic carboxylic acids is 1. The van der Waals surface area contributed by atoms with E-state index >= 15 is 0 Å². The van der Waals surface area contributed by atoms with E-state index in [2.05, 4.69) is 5.32 Å². The van der Waals surface area contributed by atoms with Crippen LogP contribution in [0.25, 0.3) is 0 Å². The SMILES string of the molecule is O=C(O)CCSSCCNC(=O)C1CCN(C(=O)CCOc2ccccc2)CC1. The highest BCUT2D eigenvalue weighted by Gasteiger charge is 2.26. The van der Waals surface area contributed by atoms with E-state index in [0.29, 0.717) is 51.3 Å². The molecule has 1 aliphatic heterocycles. The van der Waals surface area contributed by atoms with Crippen LogP contribution in [-0.4, -0.2) is 65.5 Å². The van der Waals surface area contributed by atoms with E-state index in [1.807, 2.05) is 35.2 Å². The van der Waals surface area contributed by atoms with Crippen molar-refractivity contribution in [3.8, 4) is 5.75 Å². The van der Waals surface area contributed by atoms with E-state index < -0.39 is 5.97 Å². The molecule has 1 saturated heterocycles. The Kier molecular flexibility index (Phi) is 10.8. The van der Waals surface area contributed by atoms with Crippen LogP contribution in [0.5, 0.6) is 5.75 Å². The minimum absolute atomic E-state index is 0.0423. The number of hydrogen-bond acceptors (Lipinski definition) is 6. The first-order valence-electron chi connectivity index (χ1n) is 9.76. The van der Waals surface area contributed by atoms with Crippen LogP contribution in [0.1, 0.15) is 25.7 Å². The molecule has 160 valence electrons. The van der Waals surface area contributed by atoms with Crippen LogP contribution in [0.4, 0.5) is 0 Å². The van der Waals surface area contributed by atoms with E-state index in [4.69, 9.17) is 9.84 Å². The van der Waals surface area contributed by atoms with Gasteiger partial charge in [0.05, 0.1) is 19.4 Å². The summed E-state index contributed by atoms with van der Waals surface area (Å²) in [5, 5.41) is 11.5. The molecular formula is C20H28N2O5S2. The molecule has 0 saturated carbocycles. The Hall–Kier alpha value is -1.87. The second-order valence-electron chi connectivity index (χ2n) is 6.65. The van der Waals surface area contributed by atoms with Crippen molar-refractivity contribution in [2.24, 2.45) is 5.92 Å². The molecule has 0 radical (unpaired) electrons. The molecule has 1 fully saturated rings. The molecule has 2 amide bonds. The van der Waals surface area contributed by atoms with Gasteiger partial charge >= 0.3 is 5.97 Å². The Bertz CT molecular complexity index is 652. The minimum atomic E-state index is -0.792. The van der Waals surface area contributed by atoms with Crippen molar-refractivity contribution in [3.63, 3.8) is 0 Å². The number of likely N-dealkylation sites (tertiary alicyclic amines) is 1. The van der Waals surface area contributed by atoms with Crippen molar-refractivity contribution < 1.29 is 24.2 Å². The smallest absolute Gasteiger partial charge is 0.304 e. The number of nitrogens with one attached hydrogen (secondary N) is 1. The predicted octanol–water partition coefficient (Wildman–Crippen LogP) is 2.67. The van der Waals surface area contributed by atoms with Gasteiger partial charge in [-0.3, -0.25) is 14.4 Å². The molecule has 2 rings (SSSR count). The maximum atomic E-state index is 12.3. The number of para-hydroxylation sites is 1. The molecule has 0 bridgehead atoms. The average Bonchev–Trinajstić information content (AvgIpc) is 2.73. The Morgan fingerprint density at radius 2 is 1.76 bits per heavy atom. The van der Waals surface area contributed by atoms with Crippen LogP contribution in [-0.2, 0) is 14.4 Å². The van der Waals surface area contributed by atoms with Crippen molar-refractivity contribution in [3.05, 3.63) is 30.3 Å². The third-order valence-corrected chi connectivity index (χ3v) is 6.92. The molecule has 2 N–H and O–H groups in total. The van der Waals surface area contributed by atoms with Crippen LogP contribution in [0, 0.1) is 5.92 Å². The van der Waals surface area contributed by atoms with Gasteiger partial charge in [0.25, 0.3) is 0 Å². The molecule has 7 nitrogen and oxygen atoms in total. The number of piperidine rings is 1. The first kappa shape index (κ1) is 23.4. The van der Waals surface area contributed by atoms with Crippen molar-refractivity contribution in [1.29, 1.82) is 0 Å². The van der Waals surface area contributed by atoms with Crippen LogP contribution in [0.2, 0.25) is 0 Å². The monoisotopic (exact) mass is 440 g/mol. The summed E-state index contributed by atoms with van der Waals surface area (Å²) < 4.78 is 5.57. The summed E-state index contributed by atoms with van der Waals surface area (Å²) in [5.74, 6) is 1.33. The normalized spacial score (nSPS) is 14.4. The second kappa shape index (κ2) is 13.4. The quantitative estimate of drug-likeness (QED) is 0.381. The average molecular weight is 441 g/mol. The molecule has 9 heteroatoms. The van der Waals surface area contributed by atoms with Gasteiger partial charge in [-0.25, -0.2) is 0 Å². The third kappa shape index (κ3) is 9.45. The third-order valence-electron chi connectivity index (χ3n) is 4.51. The Morgan fingerprint density at radius 3 is 2.45 bits per heavy atom. The van der Waals surface area contributed by atoms with Crippen LogP contribution >= 0.6 is 21.6 Å². The highest BCUT2D eigenvalue weighted by Crippen LogP contribution is 2.21. The number of benzene rings is 1. The number of nitrogens with zero attached hydrogens (tertiary/aromatic N) is 1. The lowest BCUT2D eigenvalue weighted by molar-refractivity contribution is -0.136. The van der Waals surface area contributed by atoms with Crippen molar-refractivity contribution in [2.75, 3.05) is 37.7 Å². The van der Waals surface area contributed by atoms with Gasteiger partial charge in [-0.05, 0) is 25.0 Å². The van der Waals surface area contributed by atoms with E-state index in [-0.39, 0.29) is 24.2 Å². The number of carbonyl (C=O) groups excluding carboxylic acids is 2. The number of carboxylic acids is 1. The zero-order valence-electron chi connectivity index (χ0n) is 16.4. The number of hydrogen-bond donors (Lipinski definition) is 2. The molecule has 0 aromatic heterocycles. The highest BCUT2D eigenvalue weighted by atomic mass is 33.1. The topological polar surface area (TPSA) is 95.9 Å². The molecule has 1 aromatic carbocycles. The molecule has 0 aliphatic carbocycles. The lowest BCUT2D eigenvalue weighted by Gasteiger charge is -2.31. The van der Waals surface area contributed by atoms with Crippen molar-refractivity contribution >= 4 is 39.4 Å². The zero-order chi connectivity index (χ0) is 20.9. The fourth-order valence-corrected chi connectivity index (χ4v) is 4.82. The van der Waals surface area contributed by atoms with Crippen LogP contribution in [0.15, 0.2) is 30.3 Å². The summed E-state index contributed by atoms with van der Waals surface area (Å²) in [6.07, 6.45) is 1.84. The van der Waals surface area contributed by atoms with Gasteiger partial charge < -0.3 is 20.1 Å². The zero-order valence-corrected chi connectivity index (χ0v) is 18.0. The first-order valence-corrected chi connectivity index (χ1v) is 12.2. The number of carbonyl (C=O) groups is 3. The molecule has 1 aliphatic rings. The lowest BCUT2D eigenvalue weighted by Crippen LogP contribution is -2.43. The molecule has 0 atom stereocenters. The van der Waals surface area contributed by atoms with Gasteiger partial charge in [-0.15, -0.1) is 0 Å². The lowest BCUT2D eigenvalue weighted by atomic mass is 9.95. The molecule has 1 aromatic rings. The first-order chi connectivity index (χ1) is 14.1. The van der Waals surface area contributed by atoms with E-state index in [1.165, 1.54) is 10.8 Å². The van der Waals surface area contributed by atoms with Gasteiger partial charge in [-0.2, -0.15) is 0 Å². The predicted molar refractivity (Wildman–Crippen MR) is 116 cm³/mol. The molecule has 1 heterocycles. The van der Waals surface area contributed by atoms with Gasteiger partial charge in [0.1, 0.15) is 5.75 Å². The summed E-state index contributed by atoms with van der Waals surface area (Å²) in [4.78, 5) is 36.8. The fraction of sp³-hybridized carbons (Fsp3) is 0.550. The fourth-order valence-electron chi connectivity index (χ4n) is 2.93. The number of ether oxygens (including phenoxy) is 1. The van der Waals surface area contributed by atoms with Crippen LogP contribution < -0.4 is 10.1 Å². The van der Waals surface area contributed by atoms with Gasteiger partial charge in [0, 0.05) is 37.1 Å².